The topological polar surface area (TPSA) is 0 Å². The smallest absolute Gasteiger partial charge is 0.0239 e. The Morgan fingerprint density at radius 2 is 1.55 bits per heavy atom. The molecule has 11 heavy (non-hydrogen) atoms. The maximum Gasteiger partial charge on any atom is -0.0239 e. The molecular weight excluding hydrogens is 132 g/mol. The van der Waals surface area contributed by atoms with Crippen LogP contribution in [-0.2, 0) is 0 Å². The van der Waals surface area contributed by atoms with E-state index in [-0.39, 0.29) is 0 Å². The van der Waals surface area contributed by atoms with Gasteiger partial charge in [-0.15, -0.1) is 0 Å². The molecule has 0 N–H and O–H groups in total. The average Bonchev–Trinajstić information content (AvgIpc) is 1.88. The second-order valence-electron chi connectivity index (χ2n) is 3.96. The third-order valence-corrected chi connectivity index (χ3v) is 2.41. The van der Waals surface area contributed by atoms with Crippen molar-refractivity contribution in [1.82, 2.24) is 0 Å². The second kappa shape index (κ2) is 5.62. The van der Waals surface area contributed by atoms with E-state index in [2.05, 4.69) is 34.6 Å². The lowest BCUT2D eigenvalue weighted by molar-refractivity contribution is 0.444. The Hall–Kier alpha value is 0. The van der Waals surface area contributed by atoms with Gasteiger partial charge in [0.1, 0.15) is 0 Å². The van der Waals surface area contributed by atoms with Gasteiger partial charge in [0.05, 0.1) is 0 Å². The van der Waals surface area contributed by atoms with Gasteiger partial charge in [-0.25, -0.2) is 0 Å². The summed E-state index contributed by atoms with van der Waals surface area (Å²) in [5.41, 5.74) is 0. The molecule has 0 spiro atoms. The van der Waals surface area contributed by atoms with Crippen LogP contribution in [0.4, 0.5) is 0 Å². The number of hydrogen-bond acceptors (Lipinski definition) is 0. The van der Waals surface area contributed by atoms with Crippen LogP contribution in [0.2, 0.25) is 0 Å². The standard InChI is InChI=1S/C11H23/c1-6-11(7-2)10(5)8-9(3)4/h9,11H,6-8H2,1-5H3. The van der Waals surface area contributed by atoms with E-state index in [0.29, 0.717) is 0 Å². The summed E-state index contributed by atoms with van der Waals surface area (Å²) in [4.78, 5) is 0. The summed E-state index contributed by atoms with van der Waals surface area (Å²) in [6.45, 7) is 11.5. The molecule has 0 heterocycles. The fourth-order valence-corrected chi connectivity index (χ4v) is 1.80. The fourth-order valence-electron chi connectivity index (χ4n) is 1.80. The van der Waals surface area contributed by atoms with Gasteiger partial charge < -0.3 is 0 Å². The second-order valence-corrected chi connectivity index (χ2v) is 3.96. The highest BCUT2D eigenvalue weighted by molar-refractivity contribution is 4.91. The van der Waals surface area contributed by atoms with Crippen molar-refractivity contribution >= 4 is 0 Å². The number of hydrogen-bond donors (Lipinski definition) is 0. The molecule has 0 rings (SSSR count). The maximum atomic E-state index is 2.32. The third-order valence-electron chi connectivity index (χ3n) is 2.41. The predicted octanol–water partition coefficient (Wildman–Crippen LogP) is 4.06. The molecule has 0 fully saturated rings. The van der Waals surface area contributed by atoms with E-state index in [1.807, 2.05) is 0 Å². The summed E-state index contributed by atoms with van der Waals surface area (Å²) in [6, 6.07) is 0. The maximum absolute atomic E-state index is 2.32. The summed E-state index contributed by atoms with van der Waals surface area (Å²) in [5.74, 6) is 3.40. The summed E-state index contributed by atoms with van der Waals surface area (Å²) >= 11 is 0. The van der Waals surface area contributed by atoms with Crippen molar-refractivity contribution in [3.63, 3.8) is 0 Å². The zero-order chi connectivity index (χ0) is 8.85. The molecule has 0 atom stereocenters. The monoisotopic (exact) mass is 155 g/mol. The minimum atomic E-state index is 0.829. The van der Waals surface area contributed by atoms with E-state index >= 15 is 0 Å². The molecule has 0 unspecified atom stereocenters. The van der Waals surface area contributed by atoms with Gasteiger partial charge in [0.15, 0.2) is 0 Å². The van der Waals surface area contributed by atoms with Gasteiger partial charge in [-0.05, 0) is 24.2 Å². The lowest BCUT2D eigenvalue weighted by atomic mass is 9.84. The van der Waals surface area contributed by atoms with Gasteiger partial charge >= 0.3 is 0 Å². The molecule has 67 valence electrons. The first-order valence-electron chi connectivity index (χ1n) is 4.94. The zero-order valence-electron chi connectivity index (χ0n) is 8.78. The largest absolute Gasteiger partial charge is 0.0651 e. The summed E-state index contributed by atoms with van der Waals surface area (Å²) in [5, 5.41) is 0. The van der Waals surface area contributed by atoms with Crippen molar-refractivity contribution in [2.24, 2.45) is 11.8 Å². The summed E-state index contributed by atoms with van der Waals surface area (Å²) in [6.07, 6.45) is 3.94. The first-order valence-corrected chi connectivity index (χ1v) is 4.94. The zero-order valence-corrected chi connectivity index (χ0v) is 8.78. The van der Waals surface area contributed by atoms with Crippen LogP contribution in [0.15, 0.2) is 0 Å². The van der Waals surface area contributed by atoms with Gasteiger partial charge in [-0.2, -0.15) is 0 Å². The summed E-state index contributed by atoms with van der Waals surface area (Å²) < 4.78 is 0. The lowest BCUT2D eigenvalue weighted by Gasteiger charge is -2.22. The van der Waals surface area contributed by atoms with Crippen LogP contribution in [0.25, 0.3) is 0 Å². The van der Waals surface area contributed by atoms with Crippen LogP contribution in [-0.4, -0.2) is 0 Å². The molecule has 0 saturated carbocycles. The van der Waals surface area contributed by atoms with E-state index < -0.39 is 0 Å². The minimum absolute atomic E-state index is 0.829. The predicted molar refractivity (Wildman–Crippen MR) is 52.4 cm³/mol. The molecule has 0 amide bonds. The first kappa shape index (κ1) is 11.0. The highest BCUT2D eigenvalue weighted by Gasteiger charge is 2.14. The lowest BCUT2D eigenvalue weighted by Crippen LogP contribution is -2.09. The Balaban J connectivity index is 3.68. The Labute approximate surface area is 72.4 Å². The Morgan fingerprint density at radius 3 is 1.82 bits per heavy atom. The van der Waals surface area contributed by atoms with E-state index in [4.69, 9.17) is 0 Å². The molecule has 0 aliphatic heterocycles. The van der Waals surface area contributed by atoms with Gasteiger partial charge in [-0.3, -0.25) is 0 Å². The van der Waals surface area contributed by atoms with E-state index in [1.54, 1.807) is 5.92 Å². The van der Waals surface area contributed by atoms with Crippen LogP contribution in [0.3, 0.4) is 0 Å². The molecule has 0 bridgehead atoms. The van der Waals surface area contributed by atoms with E-state index in [0.717, 1.165) is 11.8 Å². The highest BCUT2D eigenvalue weighted by atomic mass is 14.2. The van der Waals surface area contributed by atoms with Crippen molar-refractivity contribution in [2.45, 2.75) is 53.9 Å². The SMILES string of the molecule is CCC(CC)[C](C)CC(C)C. The van der Waals surface area contributed by atoms with Crippen LogP contribution >= 0.6 is 0 Å². The van der Waals surface area contributed by atoms with Gasteiger partial charge in [0.2, 0.25) is 0 Å². The van der Waals surface area contributed by atoms with E-state index in [1.165, 1.54) is 19.3 Å². The molecular formula is C11H23. The molecule has 0 aliphatic rings. The van der Waals surface area contributed by atoms with Crippen molar-refractivity contribution in [3.8, 4) is 0 Å². The van der Waals surface area contributed by atoms with Gasteiger partial charge in [0, 0.05) is 0 Å². The van der Waals surface area contributed by atoms with Crippen LogP contribution < -0.4 is 0 Å². The normalized spacial score (nSPS) is 12.0. The van der Waals surface area contributed by atoms with Crippen LogP contribution in [0.1, 0.15) is 53.9 Å². The van der Waals surface area contributed by atoms with E-state index in [9.17, 15) is 0 Å². The Kier molecular flexibility index (Phi) is 5.62. The molecule has 0 aliphatic carbocycles. The third kappa shape index (κ3) is 4.44. The first-order chi connectivity index (χ1) is 5.11. The quantitative estimate of drug-likeness (QED) is 0.561. The van der Waals surface area contributed by atoms with Gasteiger partial charge in [-0.1, -0.05) is 47.5 Å². The molecule has 1 radical (unpaired) electrons. The molecule has 0 aromatic carbocycles. The molecule has 0 saturated heterocycles. The molecule has 0 aromatic heterocycles. The molecule has 0 aromatic rings. The van der Waals surface area contributed by atoms with Crippen LogP contribution in [0, 0.1) is 17.8 Å². The average molecular weight is 155 g/mol. The fraction of sp³-hybridized carbons (Fsp3) is 0.909. The Morgan fingerprint density at radius 1 is 1.09 bits per heavy atom. The highest BCUT2D eigenvalue weighted by Crippen LogP contribution is 2.26. The summed E-state index contributed by atoms with van der Waals surface area (Å²) in [7, 11) is 0. The van der Waals surface area contributed by atoms with Crippen molar-refractivity contribution in [1.29, 1.82) is 0 Å². The Bertz CT molecular complexity index is 80.0. The minimum Gasteiger partial charge on any atom is -0.0651 e. The molecule has 0 nitrogen and oxygen atoms in total. The van der Waals surface area contributed by atoms with Crippen molar-refractivity contribution in [2.75, 3.05) is 0 Å². The van der Waals surface area contributed by atoms with Crippen molar-refractivity contribution < 1.29 is 0 Å². The number of rotatable bonds is 5. The van der Waals surface area contributed by atoms with Crippen LogP contribution in [0.5, 0.6) is 0 Å². The van der Waals surface area contributed by atoms with Crippen molar-refractivity contribution in [3.05, 3.63) is 5.92 Å². The van der Waals surface area contributed by atoms with Gasteiger partial charge in [0.25, 0.3) is 0 Å². The molecule has 0 heteroatoms.